The Kier molecular flexibility index (Phi) is 3.96. The molecule has 0 aliphatic carbocycles. The number of rotatable bonds is 3. The largest absolute Gasteiger partial charge is 0.383 e. The number of hydrogen-bond donors (Lipinski definition) is 2. The van der Waals surface area contributed by atoms with E-state index in [1.807, 2.05) is 0 Å². The van der Waals surface area contributed by atoms with E-state index in [0.29, 0.717) is 30.8 Å². The first-order valence-corrected chi connectivity index (χ1v) is 7.78. The zero-order chi connectivity index (χ0) is 14.9. The fourth-order valence-electron chi connectivity index (χ4n) is 2.24. The van der Waals surface area contributed by atoms with Crippen molar-refractivity contribution >= 4 is 21.7 Å². The van der Waals surface area contributed by atoms with Crippen LogP contribution in [0.3, 0.4) is 0 Å². The van der Waals surface area contributed by atoms with Crippen LogP contribution in [-0.4, -0.2) is 36.7 Å². The zero-order valence-electron chi connectivity index (χ0n) is 11.2. The minimum atomic E-state index is -3.66. The number of aromatic nitrogens is 1. The van der Waals surface area contributed by atoms with Gasteiger partial charge >= 0.3 is 0 Å². The van der Waals surface area contributed by atoms with Crippen LogP contribution >= 0.6 is 0 Å². The molecule has 0 spiro atoms. The van der Waals surface area contributed by atoms with Crippen molar-refractivity contribution in [1.82, 2.24) is 9.29 Å². The average Bonchev–Trinajstić information content (AvgIpc) is 2.42. The van der Waals surface area contributed by atoms with Crippen molar-refractivity contribution in [2.75, 3.05) is 18.8 Å². The number of sulfonamides is 1. The van der Waals surface area contributed by atoms with E-state index < -0.39 is 21.8 Å². The number of amides is 1. The summed E-state index contributed by atoms with van der Waals surface area (Å²) in [4.78, 5) is 15.2. The lowest BCUT2D eigenvalue weighted by atomic mass is 9.99. The van der Waals surface area contributed by atoms with E-state index >= 15 is 0 Å². The lowest BCUT2D eigenvalue weighted by molar-refractivity contribution is -0.122. The molecule has 0 aromatic carbocycles. The van der Waals surface area contributed by atoms with Gasteiger partial charge in [0.15, 0.2) is 0 Å². The summed E-state index contributed by atoms with van der Waals surface area (Å²) < 4.78 is 26.3. The predicted molar refractivity (Wildman–Crippen MR) is 74.1 cm³/mol. The van der Waals surface area contributed by atoms with Gasteiger partial charge in [0.1, 0.15) is 10.7 Å². The number of primary amides is 1. The van der Waals surface area contributed by atoms with Crippen molar-refractivity contribution in [2.24, 2.45) is 11.7 Å². The molecule has 4 N–H and O–H groups in total. The number of anilines is 1. The van der Waals surface area contributed by atoms with E-state index in [4.69, 9.17) is 11.5 Å². The summed E-state index contributed by atoms with van der Waals surface area (Å²) in [6, 6.07) is 1.49. The highest BCUT2D eigenvalue weighted by Gasteiger charge is 2.32. The summed E-state index contributed by atoms with van der Waals surface area (Å²) in [6.45, 7) is 2.21. The molecule has 110 valence electrons. The maximum Gasteiger partial charge on any atom is 0.244 e. The van der Waals surface area contributed by atoms with E-state index in [2.05, 4.69) is 4.98 Å². The molecule has 1 saturated heterocycles. The summed E-state index contributed by atoms with van der Waals surface area (Å²) in [7, 11) is -3.66. The monoisotopic (exact) mass is 298 g/mol. The smallest absolute Gasteiger partial charge is 0.244 e. The highest BCUT2D eigenvalue weighted by Crippen LogP contribution is 2.24. The van der Waals surface area contributed by atoms with Crippen LogP contribution in [0.4, 0.5) is 5.82 Å². The zero-order valence-corrected chi connectivity index (χ0v) is 12.1. The molecule has 1 aromatic heterocycles. The van der Waals surface area contributed by atoms with Gasteiger partial charge in [-0.1, -0.05) is 0 Å². The highest BCUT2D eigenvalue weighted by atomic mass is 32.2. The molecule has 0 bridgehead atoms. The van der Waals surface area contributed by atoms with Gasteiger partial charge in [-0.05, 0) is 31.4 Å². The second-order valence-electron chi connectivity index (χ2n) is 4.98. The lowest BCUT2D eigenvalue weighted by Gasteiger charge is -2.30. The van der Waals surface area contributed by atoms with Crippen molar-refractivity contribution in [1.29, 1.82) is 0 Å². The maximum atomic E-state index is 12.5. The molecule has 1 aromatic rings. The Balaban J connectivity index is 2.29. The van der Waals surface area contributed by atoms with Gasteiger partial charge in [-0.15, -0.1) is 0 Å². The van der Waals surface area contributed by atoms with Crippen LogP contribution in [0.5, 0.6) is 0 Å². The first kappa shape index (κ1) is 14.7. The summed E-state index contributed by atoms with van der Waals surface area (Å²) in [5.41, 5.74) is 11.5. The van der Waals surface area contributed by atoms with Crippen molar-refractivity contribution in [3.63, 3.8) is 0 Å². The van der Waals surface area contributed by atoms with Gasteiger partial charge in [0, 0.05) is 19.3 Å². The molecular weight excluding hydrogens is 280 g/mol. The highest BCUT2D eigenvalue weighted by molar-refractivity contribution is 7.89. The van der Waals surface area contributed by atoms with Crippen molar-refractivity contribution < 1.29 is 13.2 Å². The molecule has 1 aliphatic heterocycles. The number of carbonyl (C=O) groups is 1. The van der Waals surface area contributed by atoms with Gasteiger partial charge in [0.05, 0.1) is 5.92 Å². The standard InChI is InChI=1S/C12H18N4O3S/c1-8-5-10(6-15-11(8)13)20(18,19)16-4-2-3-9(7-16)12(14)17/h5-6,9H,2-4,7H2,1H3,(H2,13,15)(H2,14,17)/t9-/m0/s1. The number of carbonyl (C=O) groups excluding carboxylic acids is 1. The molecule has 2 heterocycles. The van der Waals surface area contributed by atoms with E-state index in [1.54, 1.807) is 6.92 Å². The minimum Gasteiger partial charge on any atom is -0.383 e. The van der Waals surface area contributed by atoms with E-state index in [0.717, 1.165) is 0 Å². The normalized spacial score (nSPS) is 20.8. The predicted octanol–water partition coefficient (Wildman–Crippen LogP) is -0.142. The fourth-order valence-corrected chi connectivity index (χ4v) is 3.80. The van der Waals surface area contributed by atoms with Crippen LogP contribution in [0.1, 0.15) is 18.4 Å². The van der Waals surface area contributed by atoms with Gasteiger partial charge < -0.3 is 11.5 Å². The SMILES string of the molecule is Cc1cc(S(=O)(=O)N2CCC[C@H](C(N)=O)C2)cnc1N. The molecule has 1 fully saturated rings. The van der Waals surface area contributed by atoms with Crippen molar-refractivity contribution in [3.8, 4) is 0 Å². The number of nitrogens with two attached hydrogens (primary N) is 2. The quantitative estimate of drug-likeness (QED) is 0.804. The van der Waals surface area contributed by atoms with Gasteiger partial charge in [0.2, 0.25) is 15.9 Å². The molecule has 7 nitrogen and oxygen atoms in total. The van der Waals surface area contributed by atoms with E-state index in [-0.39, 0.29) is 11.4 Å². The third kappa shape index (κ3) is 2.75. The van der Waals surface area contributed by atoms with Gasteiger partial charge in [0.25, 0.3) is 0 Å². The Hall–Kier alpha value is -1.67. The van der Waals surface area contributed by atoms with Gasteiger partial charge in [-0.2, -0.15) is 4.31 Å². The minimum absolute atomic E-state index is 0.0920. The molecule has 0 radical (unpaired) electrons. The number of hydrogen-bond acceptors (Lipinski definition) is 5. The first-order chi connectivity index (χ1) is 9.32. The molecule has 0 saturated carbocycles. The molecule has 0 unspecified atom stereocenters. The Morgan fingerprint density at radius 1 is 1.50 bits per heavy atom. The van der Waals surface area contributed by atoms with Crippen molar-refractivity contribution in [3.05, 3.63) is 17.8 Å². The Morgan fingerprint density at radius 2 is 2.20 bits per heavy atom. The van der Waals surface area contributed by atoms with Crippen LogP contribution in [-0.2, 0) is 14.8 Å². The van der Waals surface area contributed by atoms with Gasteiger partial charge in [-0.3, -0.25) is 4.79 Å². The van der Waals surface area contributed by atoms with Crippen LogP contribution in [0.15, 0.2) is 17.2 Å². The molecular formula is C12H18N4O3S. The topological polar surface area (TPSA) is 119 Å². The summed E-state index contributed by atoms with van der Waals surface area (Å²) in [5.74, 6) is -0.588. The first-order valence-electron chi connectivity index (χ1n) is 6.34. The Bertz CT molecular complexity index is 630. The number of aryl methyl sites for hydroxylation is 1. The molecule has 1 atom stereocenters. The summed E-state index contributed by atoms with van der Waals surface area (Å²) >= 11 is 0. The lowest BCUT2D eigenvalue weighted by Crippen LogP contribution is -2.44. The molecule has 1 amide bonds. The number of nitrogens with zero attached hydrogens (tertiary/aromatic N) is 2. The maximum absolute atomic E-state index is 12.5. The Labute approximate surface area is 118 Å². The van der Waals surface area contributed by atoms with Crippen LogP contribution in [0.2, 0.25) is 0 Å². The number of pyridine rings is 1. The van der Waals surface area contributed by atoms with E-state index in [9.17, 15) is 13.2 Å². The molecule has 20 heavy (non-hydrogen) atoms. The van der Waals surface area contributed by atoms with Crippen LogP contribution in [0.25, 0.3) is 0 Å². The summed E-state index contributed by atoms with van der Waals surface area (Å²) in [6.07, 6.45) is 2.49. The van der Waals surface area contributed by atoms with E-state index in [1.165, 1.54) is 16.6 Å². The fraction of sp³-hybridized carbons (Fsp3) is 0.500. The second kappa shape index (κ2) is 5.37. The third-order valence-corrected chi connectivity index (χ3v) is 5.35. The second-order valence-corrected chi connectivity index (χ2v) is 6.92. The number of piperidine rings is 1. The van der Waals surface area contributed by atoms with Crippen molar-refractivity contribution in [2.45, 2.75) is 24.7 Å². The van der Waals surface area contributed by atoms with Crippen LogP contribution < -0.4 is 11.5 Å². The average molecular weight is 298 g/mol. The van der Waals surface area contributed by atoms with Gasteiger partial charge in [-0.25, -0.2) is 13.4 Å². The van der Waals surface area contributed by atoms with Crippen LogP contribution in [0, 0.1) is 12.8 Å². The third-order valence-electron chi connectivity index (χ3n) is 3.52. The molecule has 1 aliphatic rings. The molecule has 2 rings (SSSR count). The Morgan fingerprint density at radius 3 is 2.80 bits per heavy atom. The molecule has 8 heteroatoms. The number of nitrogen functional groups attached to an aromatic ring is 1. The summed E-state index contributed by atoms with van der Waals surface area (Å²) in [5, 5.41) is 0.